The van der Waals surface area contributed by atoms with Crippen molar-refractivity contribution >= 4 is 5.78 Å². The molecule has 1 nitrogen and oxygen atoms in total. The average molecular weight is 110 g/mol. The minimum Gasteiger partial charge on any atom is -0.290 e. The van der Waals surface area contributed by atoms with Gasteiger partial charge in [0.15, 0.2) is 5.78 Å². The minimum absolute atomic E-state index is 0.0509. The largest absolute Gasteiger partial charge is 0.290 e. The van der Waals surface area contributed by atoms with Crippen LogP contribution >= 0.6 is 0 Å². The molecule has 0 aliphatic carbocycles. The Labute approximate surface area is 49.7 Å². The fourth-order valence-electron chi connectivity index (χ4n) is 0.384. The van der Waals surface area contributed by atoms with Gasteiger partial charge < -0.3 is 0 Å². The molecule has 44 valence electrons. The number of ketones is 1. The molecule has 0 radical (unpaired) electrons. The number of hydrogen-bond acceptors (Lipinski definition) is 1. The molecule has 0 atom stereocenters. The van der Waals surface area contributed by atoms with Gasteiger partial charge in [-0.2, -0.15) is 0 Å². The van der Waals surface area contributed by atoms with Crippen molar-refractivity contribution in [3.63, 3.8) is 0 Å². The Bertz CT molecular complexity index is 106. The molecule has 0 rings (SSSR count). The van der Waals surface area contributed by atoms with E-state index in [1.54, 1.807) is 12.2 Å². The van der Waals surface area contributed by atoms with E-state index in [1.807, 2.05) is 13.8 Å². The first kappa shape index (κ1) is 7.15. The summed E-state index contributed by atoms with van der Waals surface area (Å²) < 4.78 is 0. The van der Waals surface area contributed by atoms with Crippen LogP contribution in [0.4, 0.5) is 0 Å². The normalized spacial score (nSPS) is 11.2. The quantitative estimate of drug-likeness (QED) is 0.494. The van der Waals surface area contributed by atoms with Gasteiger partial charge >= 0.3 is 0 Å². The number of carbonyl (C=O) groups excluding carboxylic acids is 1. The molecule has 0 amide bonds. The standard InChI is InChI=1S/C7H10O/c1-3-5-7(8)6-4-2/h3-6H,1-2H3/b5-3-,6-4+. The zero-order valence-electron chi connectivity index (χ0n) is 5.22. The number of hydrogen-bond donors (Lipinski definition) is 0. The van der Waals surface area contributed by atoms with Crippen molar-refractivity contribution in [3.05, 3.63) is 24.3 Å². The molecule has 0 N–H and O–H groups in total. The second kappa shape index (κ2) is 4.31. The smallest absolute Gasteiger partial charge is 0.177 e. The van der Waals surface area contributed by atoms with Gasteiger partial charge in [0.1, 0.15) is 0 Å². The summed E-state index contributed by atoms with van der Waals surface area (Å²) in [4.78, 5) is 10.5. The Hall–Kier alpha value is -0.850. The zero-order chi connectivity index (χ0) is 6.41. The van der Waals surface area contributed by atoms with Crippen LogP contribution in [0.15, 0.2) is 24.3 Å². The van der Waals surface area contributed by atoms with Crippen LogP contribution in [0.2, 0.25) is 0 Å². The maximum Gasteiger partial charge on any atom is 0.177 e. The number of allylic oxidation sites excluding steroid dienone is 4. The Morgan fingerprint density at radius 2 is 1.50 bits per heavy atom. The van der Waals surface area contributed by atoms with Crippen molar-refractivity contribution in [2.24, 2.45) is 0 Å². The van der Waals surface area contributed by atoms with Crippen molar-refractivity contribution in [2.75, 3.05) is 0 Å². The molecule has 0 saturated heterocycles. The molecular formula is C7H10O. The lowest BCUT2D eigenvalue weighted by Gasteiger charge is -1.75. The molecule has 8 heavy (non-hydrogen) atoms. The van der Waals surface area contributed by atoms with Crippen LogP contribution in [0, 0.1) is 0 Å². The fraction of sp³-hybridized carbons (Fsp3) is 0.286. The van der Waals surface area contributed by atoms with Crippen LogP contribution in [0.1, 0.15) is 13.8 Å². The summed E-state index contributed by atoms with van der Waals surface area (Å²) in [5.41, 5.74) is 0. The van der Waals surface area contributed by atoms with E-state index in [2.05, 4.69) is 0 Å². The highest BCUT2D eigenvalue weighted by molar-refractivity contribution is 5.98. The van der Waals surface area contributed by atoms with Gasteiger partial charge in [-0.25, -0.2) is 0 Å². The lowest BCUT2D eigenvalue weighted by molar-refractivity contribution is -0.110. The number of carbonyl (C=O) groups is 1. The van der Waals surface area contributed by atoms with Crippen molar-refractivity contribution < 1.29 is 4.79 Å². The van der Waals surface area contributed by atoms with Gasteiger partial charge in [0.05, 0.1) is 0 Å². The van der Waals surface area contributed by atoms with Crippen LogP contribution in [0.5, 0.6) is 0 Å². The maximum atomic E-state index is 10.5. The predicted octanol–water partition coefficient (Wildman–Crippen LogP) is 1.71. The van der Waals surface area contributed by atoms with Crippen molar-refractivity contribution in [3.8, 4) is 0 Å². The van der Waals surface area contributed by atoms with Crippen LogP contribution in [0.3, 0.4) is 0 Å². The Balaban J connectivity index is 3.66. The van der Waals surface area contributed by atoms with Gasteiger partial charge in [0.2, 0.25) is 0 Å². The summed E-state index contributed by atoms with van der Waals surface area (Å²) >= 11 is 0. The van der Waals surface area contributed by atoms with E-state index < -0.39 is 0 Å². The van der Waals surface area contributed by atoms with E-state index in [9.17, 15) is 4.79 Å². The molecule has 0 unspecified atom stereocenters. The fourth-order valence-corrected chi connectivity index (χ4v) is 0.384. The second-order valence-electron chi connectivity index (χ2n) is 1.40. The molecule has 0 spiro atoms. The first-order valence-electron chi connectivity index (χ1n) is 2.60. The van der Waals surface area contributed by atoms with Crippen molar-refractivity contribution in [2.45, 2.75) is 13.8 Å². The molecule has 0 aliphatic heterocycles. The summed E-state index contributed by atoms with van der Waals surface area (Å²) in [6, 6.07) is 0. The molecule has 0 heterocycles. The summed E-state index contributed by atoms with van der Waals surface area (Å²) in [6.45, 7) is 3.64. The van der Waals surface area contributed by atoms with E-state index in [0.29, 0.717) is 0 Å². The van der Waals surface area contributed by atoms with Crippen LogP contribution in [0.25, 0.3) is 0 Å². The van der Waals surface area contributed by atoms with E-state index in [4.69, 9.17) is 0 Å². The Morgan fingerprint density at radius 1 is 1.12 bits per heavy atom. The lowest BCUT2D eigenvalue weighted by atomic mass is 10.3. The van der Waals surface area contributed by atoms with E-state index >= 15 is 0 Å². The highest BCUT2D eigenvalue weighted by Gasteiger charge is 1.80. The Morgan fingerprint density at radius 3 is 1.75 bits per heavy atom. The molecule has 0 fully saturated rings. The van der Waals surface area contributed by atoms with Crippen molar-refractivity contribution in [1.82, 2.24) is 0 Å². The van der Waals surface area contributed by atoms with Gasteiger partial charge in [0.25, 0.3) is 0 Å². The summed E-state index contributed by atoms with van der Waals surface area (Å²) in [5.74, 6) is 0.0509. The molecule has 1 heteroatoms. The summed E-state index contributed by atoms with van der Waals surface area (Å²) in [5, 5.41) is 0. The van der Waals surface area contributed by atoms with E-state index in [0.717, 1.165) is 0 Å². The van der Waals surface area contributed by atoms with Crippen LogP contribution in [-0.2, 0) is 4.79 Å². The van der Waals surface area contributed by atoms with Gasteiger partial charge in [-0.1, -0.05) is 12.2 Å². The van der Waals surface area contributed by atoms with Crippen molar-refractivity contribution in [1.29, 1.82) is 0 Å². The topological polar surface area (TPSA) is 17.1 Å². The molecule has 0 aliphatic rings. The average Bonchev–Trinajstić information content (AvgIpc) is 1.68. The monoisotopic (exact) mass is 110 g/mol. The summed E-state index contributed by atoms with van der Waals surface area (Å²) in [6.07, 6.45) is 6.50. The van der Waals surface area contributed by atoms with E-state index in [-0.39, 0.29) is 5.78 Å². The summed E-state index contributed by atoms with van der Waals surface area (Å²) in [7, 11) is 0. The number of rotatable bonds is 2. The molecule has 0 aromatic heterocycles. The maximum absolute atomic E-state index is 10.5. The van der Waals surface area contributed by atoms with Gasteiger partial charge in [-0.3, -0.25) is 4.79 Å². The van der Waals surface area contributed by atoms with Gasteiger partial charge in [-0.05, 0) is 26.0 Å². The van der Waals surface area contributed by atoms with E-state index in [1.165, 1.54) is 12.2 Å². The molecule has 0 saturated carbocycles. The highest BCUT2D eigenvalue weighted by Crippen LogP contribution is 1.78. The highest BCUT2D eigenvalue weighted by atomic mass is 16.1. The third kappa shape index (κ3) is 3.34. The lowest BCUT2D eigenvalue weighted by Crippen LogP contribution is -1.81. The second-order valence-corrected chi connectivity index (χ2v) is 1.40. The first-order chi connectivity index (χ1) is 3.81. The van der Waals surface area contributed by atoms with Gasteiger partial charge in [0, 0.05) is 0 Å². The SMILES string of the molecule is C/C=C\C(=O)/C=C/C. The third-order valence-electron chi connectivity index (χ3n) is 0.662. The van der Waals surface area contributed by atoms with Crippen LogP contribution < -0.4 is 0 Å². The Kier molecular flexibility index (Phi) is 3.85. The molecular weight excluding hydrogens is 100 g/mol. The molecule has 0 aromatic carbocycles. The zero-order valence-corrected chi connectivity index (χ0v) is 5.22. The molecule has 0 aromatic rings. The minimum atomic E-state index is 0.0509. The van der Waals surface area contributed by atoms with Gasteiger partial charge in [-0.15, -0.1) is 0 Å². The molecule has 0 bridgehead atoms. The predicted molar refractivity (Wildman–Crippen MR) is 34.6 cm³/mol. The first-order valence-corrected chi connectivity index (χ1v) is 2.60. The van der Waals surface area contributed by atoms with Crippen LogP contribution in [-0.4, -0.2) is 5.78 Å². The third-order valence-corrected chi connectivity index (χ3v) is 0.662.